The quantitative estimate of drug-likeness (QED) is 0.634. The summed E-state index contributed by atoms with van der Waals surface area (Å²) in [6.45, 7) is 12.3. The first kappa shape index (κ1) is 21.2. The average molecular weight is 371 g/mol. The van der Waals surface area contributed by atoms with Gasteiger partial charge < -0.3 is 20.1 Å². The molecule has 0 aromatic heterocycles. The molecule has 0 aromatic rings. The minimum Gasteiger partial charge on any atom is -0.459 e. The Balaban J connectivity index is 1.74. The first-order valence-electron chi connectivity index (χ1n) is 10.3. The van der Waals surface area contributed by atoms with Crippen molar-refractivity contribution in [2.45, 2.75) is 77.4 Å². The fraction of sp³-hybridized carbons (Fsp3) is 0.900. The molecule has 0 atom stereocenters. The van der Waals surface area contributed by atoms with Crippen LogP contribution in [0.3, 0.4) is 0 Å². The third-order valence-electron chi connectivity index (χ3n) is 6.13. The van der Waals surface area contributed by atoms with Crippen molar-refractivity contribution in [1.82, 2.24) is 0 Å². The molecule has 6 nitrogen and oxygen atoms in total. The Labute approximate surface area is 157 Å². The number of carbonyl (C=O) groups is 2. The van der Waals surface area contributed by atoms with Crippen LogP contribution in [-0.4, -0.2) is 49.3 Å². The highest BCUT2D eigenvalue weighted by Crippen LogP contribution is 2.30. The Morgan fingerprint density at radius 1 is 0.731 bits per heavy atom. The monoisotopic (exact) mass is 370 g/mol. The molecule has 2 aliphatic heterocycles. The van der Waals surface area contributed by atoms with Crippen molar-refractivity contribution < 1.29 is 29.7 Å². The van der Waals surface area contributed by atoms with Crippen molar-refractivity contribution in [3.05, 3.63) is 0 Å². The SMILES string of the molecule is CC(C)(OC(=O)CCC(=O)OC(C)(C)C1CC[NH2+]CC1)C1CC[NH2+]CC1. The van der Waals surface area contributed by atoms with Gasteiger partial charge in [0.05, 0.1) is 39.0 Å². The van der Waals surface area contributed by atoms with E-state index in [0.29, 0.717) is 11.8 Å². The largest absolute Gasteiger partial charge is 0.459 e. The normalized spacial score (nSPS) is 20.6. The molecule has 2 heterocycles. The molecule has 2 saturated heterocycles. The fourth-order valence-corrected chi connectivity index (χ4v) is 4.30. The molecule has 0 aliphatic carbocycles. The summed E-state index contributed by atoms with van der Waals surface area (Å²) in [5.41, 5.74) is -0.930. The minimum atomic E-state index is -0.465. The van der Waals surface area contributed by atoms with Gasteiger partial charge in [0.2, 0.25) is 0 Å². The summed E-state index contributed by atoms with van der Waals surface area (Å²) in [5.74, 6) is 0.189. The molecule has 0 spiro atoms. The van der Waals surface area contributed by atoms with Crippen LogP contribution in [-0.2, 0) is 19.1 Å². The minimum absolute atomic E-state index is 0.0929. The highest BCUT2D eigenvalue weighted by Gasteiger charge is 2.37. The first-order chi connectivity index (χ1) is 12.2. The van der Waals surface area contributed by atoms with E-state index in [1.807, 2.05) is 27.7 Å². The van der Waals surface area contributed by atoms with E-state index < -0.39 is 11.2 Å². The topological polar surface area (TPSA) is 85.8 Å². The van der Waals surface area contributed by atoms with Crippen LogP contribution in [0.25, 0.3) is 0 Å². The number of nitrogens with two attached hydrogens (primary N) is 2. The van der Waals surface area contributed by atoms with Crippen molar-refractivity contribution in [2.75, 3.05) is 26.2 Å². The number of carbonyl (C=O) groups excluding carboxylic acids is 2. The van der Waals surface area contributed by atoms with Crippen LogP contribution in [0.1, 0.15) is 66.2 Å². The smallest absolute Gasteiger partial charge is 0.306 e. The zero-order chi connectivity index (χ0) is 19.2. The number of rotatable bonds is 7. The van der Waals surface area contributed by atoms with Crippen LogP contribution < -0.4 is 10.6 Å². The molecule has 150 valence electrons. The number of ether oxygens (including phenoxy) is 2. The molecule has 2 aliphatic rings. The van der Waals surface area contributed by atoms with Gasteiger partial charge in [-0.3, -0.25) is 9.59 Å². The van der Waals surface area contributed by atoms with Crippen LogP contribution >= 0.6 is 0 Å². The van der Waals surface area contributed by atoms with Crippen LogP contribution in [0.15, 0.2) is 0 Å². The number of hydrogen-bond donors (Lipinski definition) is 2. The van der Waals surface area contributed by atoms with Gasteiger partial charge in [0.25, 0.3) is 0 Å². The molecule has 0 radical (unpaired) electrons. The van der Waals surface area contributed by atoms with Gasteiger partial charge in [0.15, 0.2) is 0 Å². The van der Waals surface area contributed by atoms with Gasteiger partial charge in [-0.05, 0) is 27.7 Å². The summed E-state index contributed by atoms with van der Waals surface area (Å²) >= 11 is 0. The van der Waals surface area contributed by atoms with E-state index in [9.17, 15) is 9.59 Å². The summed E-state index contributed by atoms with van der Waals surface area (Å²) in [6, 6.07) is 0. The van der Waals surface area contributed by atoms with E-state index in [1.165, 1.54) is 0 Å². The lowest BCUT2D eigenvalue weighted by Gasteiger charge is -2.36. The van der Waals surface area contributed by atoms with Crippen LogP contribution in [0.5, 0.6) is 0 Å². The highest BCUT2D eigenvalue weighted by atomic mass is 16.6. The van der Waals surface area contributed by atoms with Gasteiger partial charge >= 0.3 is 11.9 Å². The van der Waals surface area contributed by atoms with Gasteiger partial charge in [-0.1, -0.05) is 0 Å². The standard InChI is InChI=1S/C20H36N2O4/c1-19(2,15-7-11-21-12-8-15)25-17(23)5-6-18(24)26-20(3,4)16-9-13-22-14-10-16/h15-16,21-22H,5-14H2,1-4H3/p+2. The molecule has 26 heavy (non-hydrogen) atoms. The predicted molar refractivity (Wildman–Crippen MR) is 98.3 cm³/mol. The Bertz CT molecular complexity index is 434. The summed E-state index contributed by atoms with van der Waals surface area (Å²) in [5, 5.41) is 4.60. The summed E-state index contributed by atoms with van der Waals surface area (Å²) in [6.07, 6.45) is 4.45. The van der Waals surface area contributed by atoms with Gasteiger partial charge in [-0.15, -0.1) is 0 Å². The Hall–Kier alpha value is -1.14. The maximum absolute atomic E-state index is 12.2. The van der Waals surface area contributed by atoms with Gasteiger partial charge in [0, 0.05) is 37.5 Å². The number of quaternary nitrogens is 2. The van der Waals surface area contributed by atoms with E-state index in [0.717, 1.165) is 51.9 Å². The number of esters is 2. The Morgan fingerprint density at radius 3 is 1.35 bits per heavy atom. The van der Waals surface area contributed by atoms with Crippen molar-refractivity contribution in [3.63, 3.8) is 0 Å². The maximum atomic E-state index is 12.2. The third-order valence-corrected chi connectivity index (χ3v) is 6.13. The van der Waals surface area contributed by atoms with E-state index in [2.05, 4.69) is 10.6 Å². The highest BCUT2D eigenvalue weighted by molar-refractivity contribution is 5.78. The van der Waals surface area contributed by atoms with Crippen molar-refractivity contribution >= 4 is 11.9 Å². The molecule has 2 rings (SSSR count). The molecular weight excluding hydrogens is 332 g/mol. The number of hydrogen-bond acceptors (Lipinski definition) is 4. The first-order valence-corrected chi connectivity index (χ1v) is 10.3. The lowest BCUT2D eigenvalue weighted by molar-refractivity contribution is -0.666. The van der Waals surface area contributed by atoms with Gasteiger partial charge in [-0.25, -0.2) is 0 Å². The van der Waals surface area contributed by atoms with E-state index in [-0.39, 0.29) is 24.8 Å². The van der Waals surface area contributed by atoms with E-state index >= 15 is 0 Å². The lowest BCUT2D eigenvalue weighted by Crippen LogP contribution is -2.86. The van der Waals surface area contributed by atoms with Crippen molar-refractivity contribution in [3.8, 4) is 0 Å². The average Bonchev–Trinajstić information content (AvgIpc) is 2.61. The molecule has 0 bridgehead atoms. The zero-order valence-electron chi connectivity index (χ0n) is 17.0. The van der Waals surface area contributed by atoms with Gasteiger partial charge in [-0.2, -0.15) is 0 Å². The van der Waals surface area contributed by atoms with E-state index in [1.54, 1.807) is 0 Å². The second-order valence-electron chi connectivity index (χ2n) is 8.94. The summed E-state index contributed by atoms with van der Waals surface area (Å²) in [7, 11) is 0. The molecule has 0 amide bonds. The molecule has 2 fully saturated rings. The Kier molecular flexibility index (Phi) is 7.47. The molecular formula is C20H38N2O4+2. The van der Waals surface area contributed by atoms with Crippen LogP contribution in [0.2, 0.25) is 0 Å². The molecule has 6 heteroatoms. The molecule has 0 aromatic carbocycles. The second-order valence-corrected chi connectivity index (χ2v) is 8.94. The van der Waals surface area contributed by atoms with Crippen LogP contribution in [0, 0.1) is 11.8 Å². The molecule has 4 N–H and O–H groups in total. The summed E-state index contributed by atoms with van der Waals surface area (Å²) in [4.78, 5) is 24.5. The zero-order valence-corrected chi connectivity index (χ0v) is 17.0. The number of piperidine rings is 2. The maximum Gasteiger partial charge on any atom is 0.306 e. The Morgan fingerprint density at radius 2 is 1.04 bits per heavy atom. The summed E-state index contributed by atoms with van der Waals surface area (Å²) < 4.78 is 11.4. The van der Waals surface area contributed by atoms with Crippen molar-refractivity contribution in [2.24, 2.45) is 11.8 Å². The van der Waals surface area contributed by atoms with E-state index in [4.69, 9.17) is 9.47 Å². The van der Waals surface area contributed by atoms with Gasteiger partial charge in [0.1, 0.15) is 11.2 Å². The lowest BCUT2D eigenvalue weighted by atomic mass is 9.83. The van der Waals surface area contributed by atoms with Crippen LogP contribution in [0.4, 0.5) is 0 Å². The molecule has 0 saturated carbocycles. The predicted octanol–water partition coefficient (Wildman–Crippen LogP) is 0.357. The fourth-order valence-electron chi connectivity index (χ4n) is 4.30. The second kappa shape index (κ2) is 9.18. The molecule has 0 unspecified atom stereocenters. The third kappa shape index (κ3) is 6.23. The van der Waals surface area contributed by atoms with Crippen molar-refractivity contribution in [1.29, 1.82) is 0 Å².